The van der Waals surface area contributed by atoms with Crippen molar-refractivity contribution in [1.29, 1.82) is 0 Å². The van der Waals surface area contributed by atoms with Gasteiger partial charge in [0.25, 0.3) is 0 Å². The van der Waals surface area contributed by atoms with Crippen LogP contribution in [-0.2, 0) is 11.2 Å². The molecular weight excluding hydrogens is 304 g/mol. The number of carbonyl (C=O) groups is 1. The van der Waals surface area contributed by atoms with E-state index in [4.69, 9.17) is 4.74 Å². The Kier molecular flexibility index (Phi) is 10.2. The first-order chi connectivity index (χ1) is 11.6. The minimum atomic E-state index is -0.521. The average molecular weight is 336 g/mol. The number of phenolic OH excluding ortho intramolecular Hbond substituents is 1. The van der Waals surface area contributed by atoms with E-state index < -0.39 is 6.10 Å². The smallest absolute Gasteiger partial charge is 0.160 e. The van der Waals surface area contributed by atoms with Gasteiger partial charge in [0.05, 0.1) is 12.7 Å². The number of aliphatic hydroxyl groups is 1. The van der Waals surface area contributed by atoms with Gasteiger partial charge in [-0.25, -0.2) is 0 Å². The molecule has 0 fully saturated rings. The molecule has 1 unspecified atom stereocenters. The van der Waals surface area contributed by atoms with Crippen LogP contribution in [0.3, 0.4) is 0 Å². The Labute approximate surface area is 145 Å². The number of unbranched alkanes of at least 4 members (excludes halogenated alkanes) is 3. The van der Waals surface area contributed by atoms with Crippen LogP contribution in [-0.4, -0.2) is 28.7 Å². The van der Waals surface area contributed by atoms with E-state index in [9.17, 15) is 15.0 Å². The van der Waals surface area contributed by atoms with Gasteiger partial charge in [-0.3, -0.25) is 4.79 Å². The lowest BCUT2D eigenvalue weighted by Gasteiger charge is -2.10. The molecule has 0 aliphatic rings. The molecule has 4 heteroatoms. The zero-order valence-electron chi connectivity index (χ0n) is 15.1. The van der Waals surface area contributed by atoms with Gasteiger partial charge in [-0.2, -0.15) is 0 Å². The highest BCUT2D eigenvalue weighted by atomic mass is 16.5. The molecule has 0 saturated heterocycles. The Morgan fingerprint density at radius 3 is 2.58 bits per heavy atom. The van der Waals surface area contributed by atoms with Crippen molar-refractivity contribution >= 4 is 5.78 Å². The number of aromatic hydroxyl groups is 1. The number of aliphatic hydroxyl groups excluding tert-OH is 1. The topological polar surface area (TPSA) is 66.8 Å². The normalized spacial score (nSPS) is 12.1. The minimum absolute atomic E-state index is 0.0711. The van der Waals surface area contributed by atoms with Crippen LogP contribution < -0.4 is 4.74 Å². The summed E-state index contributed by atoms with van der Waals surface area (Å²) in [7, 11) is 0. The van der Waals surface area contributed by atoms with E-state index in [0.717, 1.165) is 37.7 Å². The molecule has 136 valence electrons. The van der Waals surface area contributed by atoms with Crippen LogP contribution in [0.15, 0.2) is 18.2 Å². The number of aryl methyl sites for hydroxylation is 1. The van der Waals surface area contributed by atoms with Crippen molar-refractivity contribution in [2.45, 2.75) is 77.7 Å². The predicted octanol–water partition coefficient (Wildman–Crippen LogP) is 4.40. The number of hydrogen-bond donors (Lipinski definition) is 2. The summed E-state index contributed by atoms with van der Waals surface area (Å²) in [5.74, 6) is 0.683. The van der Waals surface area contributed by atoms with Crippen LogP contribution in [0.5, 0.6) is 11.5 Å². The second kappa shape index (κ2) is 11.9. The highest BCUT2D eigenvalue weighted by Gasteiger charge is 2.11. The molecule has 0 aromatic heterocycles. The Balaban J connectivity index is 2.35. The Hall–Kier alpha value is -1.55. The molecule has 0 saturated carbocycles. The number of ether oxygens (including phenoxy) is 1. The van der Waals surface area contributed by atoms with Crippen molar-refractivity contribution in [3.05, 3.63) is 23.8 Å². The van der Waals surface area contributed by atoms with E-state index >= 15 is 0 Å². The van der Waals surface area contributed by atoms with Gasteiger partial charge in [-0.05, 0) is 37.0 Å². The molecule has 0 bridgehead atoms. The van der Waals surface area contributed by atoms with Crippen molar-refractivity contribution in [3.8, 4) is 11.5 Å². The summed E-state index contributed by atoms with van der Waals surface area (Å²) in [6, 6.07) is 5.29. The van der Waals surface area contributed by atoms with Gasteiger partial charge in [0, 0.05) is 12.8 Å². The number of phenols is 1. The zero-order chi connectivity index (χ0) is 17.8. The molecule has 1 aromatic carbocycles. The van der Waals surface area contributed by atoms with E-state index in [1.165, 1.54) is 0 Å². The van der Waals surface area contributed by atoms with Crippen molar-refractivity contribution in [3.63, 3.8) is 0 Å². The highest BCUT2D eigenvalue weighted by Crippen LogP contribution is 2.27. The molecule has 0 spiro atoms. The summed E-state index contributed by atoms with van der Waals surface area (Å²) in [5.41, 5.74) is 0.907. The molecule has 0 amide bonds. The van der Waals surface area contributed by atoms with Crippen LogP contribution in [0.4, 0.5) is 0 Å². The fraction of sp³-hybridized carbons (Fsp3) is 0.650. The number of ketones is 1. The summed E-state index contributed by atoms with van der Waals surface area (Å²) in [6.45, 7) is 4.80. The first-order valence-electron chi connectivity index (χ1n) is 9.21. The third-order valence-electron chi connectivity index (χ3n) is 4.08. The monoisotopic (exact) mass is 336 g/mol. The second-order valence-corrected chi connectivity index (χ2v) is 6.40. The largest absolute Gasteiger partial charge is 0.504 e. The zero-order valence-corrected chi connectivity index (χ0v) is 15.1. The lowest BCUT2D eigenvalue weighted by Crippen LogP contribution is -2.13. The summed E-state index contributed by atoms with van der Waals surface area (Å²) in [6.07, 6.45) is 6.55. The van der Waals surface area contributed by atoms with Crippen LogP contribution in [0, 0.1) is 0 Å². The fourth-order valence-corrected chi connectivity index (χ4v) is 2.55. The Morgan fingerprint density at radius 2 is 1.92 bits per heavy atom. The Morgan fingerprint density at radius 1 is 1.17 bits per heavy atom. The first-order valence-corrected chi connectivity index (χ1v) is 9.21. The number of benzene rings is 1. The van der Waals surface area contributed by atoms with E-state index in [1.54, 1.807) is 12.1 Å². The second-order valence-electron chi connectivity index (χ2n) is 6.40. The maximum Gasteiger partial charge on any atom is 0.160 e. The SMILES string of the molecule is CCCCCC(O)CC(=O)CCc1ccc(OCCCC)c(O)c1. The van der Waals surface area contributed by atoms with E-state index in [-0.39, 0.29) is 18.0 Å². The molecular formula is C20H32O4. The molecule has 4 nitrogen and oxygen atoms in total. The van der Waals surface area contributed by atoms with E-state index in [1.807, 2.05) is 6.07 Å². The van der Waals surface area contributed by atoms with Crippen LogP contribution >= 0.6 is 0 Å². The van der Waals surface area contributed by atoms with Crippen molar-refractivity contribution < 1.29 is 19.7 Å². The Bertz CT molecular complexity index is 485. The average Bonchev–Trinajstić information content (AvgIpc) is 2.55. The maximum absolute atomic E-state index is 11.9. The van der Waals surface area contributed by atoms with Crippen LogP contribution in [0.1, 0.15) is 70.8 Å². The van der Waals surface area contributed by atoms with Crippen molar-refractivity contribution in [2.24, 2.45) is 0 Å². The third kappa shape index (κ3) is 8.34. The highest BCUT2D eigenvalue weighted by molar-refractivity contribution is 5.79. The molecule has 1 atom stereocenters. The lowest BCUT2D eigenvalue weighted by atomic mass is 10.0. The molecule has 1 rings (SSSR count). The summed E-state index contributed by atoms with van der Waals surface area (Å²) < 4.78 is 5.51. The van der Waals surface area contributed by atoms with Crippen LogP contribution in [0.2, 0.25) is 0 Å². The first kappa shape index (κ1) is 20.5. The van der Waals surface area contributed by atoms with Gasteiger partial charge >= 0.3 is 0 Å². The molecule has 0 aliphatic heterocycles. The third-order valence-corrected chi connectivity index (χ3v) is 4.08. The summed E-state index contributed by atoms with van der Waals surface area (Å²) >= 11 is 0. The standard InChI is InChI=1S/C20H32O4/c1-3-5-7-8-17(21)15-18(22)11-9-16-10-12-20(19(23)14-16)24-13-6-4-2/h10,12,14,17,21,23H,3-9,11,13,15H2,1-2H3. The van der Waals surface area contributed by atoms with Gasteiger partial charge in [-0.1, -0.05) is 45.6 Å². The summed E-state index contributed by atoms with van der Waals surface area (Å²) in [4.78, 5) is 11.9. The predicted molar refractivity (Wildman–Crippen MR) is 96.6 cm³/mol. The van der Waals surface area contributed by atoms with Gasteiger partial charge in [0.1, 0.15) is 5.78 Å². The number of carbonyl (C=O) groups excluding carboxylic acids is 1. The van der Waals surface area contributed by atoms with Crippen molar-refractivity contribution in [1.82, 2.24) is 0 Å². The lowest BCUT2D eigenvalue weighted by molar-refractivity contribution is -0.121. The maximum atomic E-state index is 11.9. The molecule has 0 aliphatic carbocycles. The molecule has 0 radical (unpaired) electrons. The molecule has 0 heterocycles. The molecule has 24 heavy (non-hydrogen) atoms. The quantitative estimate of drug-likeness (QED) is 0.524. The summed E-state index contributed by atoms with van der Waals surface area (Å²) in [5, 5.41) is 19.8. The van der Waals surface area contributed by atoms with E-state index in [2.05, 4.69) is 13.8 Å². The van der Waals surface area contributed by atoms with Gasteiger partial charge < -0.3 is 14.9 Å². The van der Waals surface area contributed by atoms with Gasteiger partial charge in [-0.15, -0.1) is 0 Å². The van der Waals surface area contributed by atoms with Gasteiger partial charge in [0.2, 0.25) is 0 Å². The number of Topliss-reactive ketones (excluding diaryl/α,β-unsaturated/α-hetero) is 1. The van der Waals surface area contributed by atoms with E-state index in [0.29, 0.717) is 31.6 Å². The molecule has 2 N–H and O–H groups in total. The fourth-order valence-electron chi connectivity index (χ4n) is 2.55. The molecule has 1 aromatic rings. The number of hydrogen-bond acceptors (Lipinski definition) is 4. The van der Waals surface area contributed by atoms with Crippen LogP contribution in [0.25, 0.3) is 0 Å². The van der Waals surface area contributed by atoms with Gasteiger partial charge in [0.15, 0.2) is 11.5 Å². The van der Waals surface area contributed by atoms with Crippen molar-refractivity contribution in [2.75, 3.05) is 6.61 Å². The number of rotatable bonds is 13. The minimum Gasteiger partial charge on any atom is -0.504 e.